The van der Waals surface area contributed by atoms with Crippen molar-refractivity contribution in [3.63, 3.8) is 0 Å². The van der Waals surface area contributed by atoms with Crippen LogP contribution in [-0.4, -0.2) is 11.1 Å². The van der Waals surface area contributed by atoms with Gasteiger partial charge in [-0.25, -0.2) is 0 Å². The molecule has 1 aliphatic rings. The predicted octanol–water partition coefficient (Wildman–Crippen LogP) is 4.87. The molecule has 1 fully saturated rings. The van der Waals surface area contributed by atoms with Crippen LogP contribution >= 0.6 is 0 Å². The molecule has 18 heavy (non-hydrogen) atoms. The minimum atomic E-state index is -0.554. The number of carbonyl (C=O) groups is 1. The molecule has 0 spiro atoms. The Morgan fingerprint density at radius 2 is 1.83 bits per heavy atom. The van der Waals surface area contributed by atoms with E-state index < -0.39 is 11.4 Å². The summed E-state index contributed by atoms with van der Waals surface area (Å²) in [5.74, 6) is 0.221. The van der Waals surface area contributed by atoms with Gasteiger partial charge in [0.1, 0.15) is 0 Å². The molecule has 0 aromatic heterocycles. The maximum atomic E-state index is 11.7. The third kappa shape index (κ3) is 4.29. The molecule has 0 aromatic rings. The average Bonchev–Trinajstić information content (AvgIpc) is 2.27. The molecule has 0 unspecified atom stereocenters. The second-order valence-electron chi connectivity index (χ2n) is 7.38. The van der Waals surface area contributed by atoms with E-state index in [-0.39, 0.29) is 5.41 Å². The summed E-state index contributed by atoms with van der Waals surface area (Å²) in [6.45, 7) is 8.82. The number of carboxylic acids is 1. The molecule has 106 valence electrons. The molecule has 1 N–H and O–H groups in total. The fourth-order valence-corrected chi connectivity index (χ4v) is 3.11. The highest BCUT2D eigenvalue weighted by atomic mass is 16.4. The molecule has 2 heteroatoms. The lowest BCUT2D eigenvalue weighted by Gasteiger charge is -2.38. The largest absolute Gasteiger partial charge is 0.481 e. The van der Waals surface area contributed by atoms with Crippen LogP contribution in [0.25, 0.3) is 0 Å². The van der Waals surface area contributed by atoms with E-state index in [9.17, 15) is 9.90 Å². The lowest BCUT2D eigenvalue weighted by Crippen LogP contribution is -2.36. The molecular formula is C16H30O2. The quantitative estimate of drug-likeness (QED) is 0.759. The van der Waals surface area contributed by atoms with Gasteiger partial charge in [0.15, 0.2) is 0 Å². The summed E-state index contributed by atoms with van der Waals surface area (Å²) in [4.78, 5) is 11.7. The van der Waals surface area contributed by atoms with Crippen molar-refractivity contribution in [1.82, 2.24) is 0 Å². The van der Waals surface area contributed by atoms with Crippen molar-refractivity contribution in [2.75, 3.05) is 0 Å². The molecule has 0 heterocycles. The van der Waals surface area contributed by atoms with Crippen LogP contribution < -0.4 is 0 Å². The fraction of sp³-hybridized carbons (Fsp3) is 0.938. The molecule has 0 saturated heterocycles. The maximum absolute atomic E-state index is 11.7. The number of aliphatic carboxylic acids is 1. The molecule has 0 aromatic carbocycles. The first kappa shape index (κ1) is 15.5. The molecule has 1 aliphatic carbocycles. The summed E-state index contributed by atoms with van der Waals surface area (Å²) in [6.07, 6.45) is 8.38. The minimum Gasteiger partial charge on any atom is -0.481 e. The number of rotatable bonds is 5. The molecule has 1 rings (SSSR count). The van der Waals surface area contributed by atoms with E-state index in [4.69, 9.17) is 0 Å². The van der Waals surface area contributed by atoms with Gasteiger partial charge in [0.2, 0.25) is 0 Å². The van der Waals surface area contributed by atoms with Crippen LogP contribution in [-0.2, 0) is 4.79 Å². The fourth-order valence-electron chi connectivity index (χ4n) is 3.11. The van der Waals surface area contributed by atoms with E-state index in [0.717, 1.165) is 44.4 Å². The Bertz CT molecular complexity index is 267. The number of hydrogen-bond acceptors (Lipinski definition) is 1. The highest BCUT2D eigenvalue weighted by Gasteiger charge is 2.41. The normalized spacial score (nSPS) is 29.2. The van der Waals surface area contributed by atoms with Gasteiger partial charge in [-0.15, -0.1) is 0 Å². The second-order valence-corrected chi connectivity index (χ2v) is 7.38. The first-order valence-electron chi connectivity index (χ1n) is 7.52. The summed E-state index contributed by atoms with van der Waals surface area (Å²) >= 11 is 0. The standard InChI is InChI=1S/C16H30O2/c1-5-6-13-7-9-16(10-8-13,14(17)18)12-11-15(2,3)4/h13H,5-12H2,1-4H3,(H,17,18). The van der Waals surface area contributed by atoms with Gasteiger partial charge < -0.3 is 5.11 Å². The highest BCUT2D eigenvalue weighted by Crippen LogP contribution is 2.45. The van der Waals surface area contributed by atoms with Crippen LogP contribution in [0.5, 0.6) is 0 Å². The molecule has 0 bridgehead atoms. The SMILES string of the molecule is CCCC1CCC(CCC(C)(C)C)(C(=O)O)CC1. The van der Waals surface area contributed by atoms with Gasteiger partial charge in [-0.2, -0.15) is 0 Å². The molecule has 0 amide bonds. The number of hydrogen-bond donors (Lipinski definition) is 1. The van der Waals surface area contributed by atoms with E-state index in [0.29, 0.717) is 0 Å². The van der Waals surface area contributed by atoms with E-state index in [2.05, 4.69) is 27.7 Å². The van der Waals surface area contributed by atoms with E-state index in [1.54, 1.807) is 0 Å². The monoisotopic (exact) mass is 254 g/mol. The maximum Gasteiger partial charge on any atom is 0.309 e. The predicted molar refractivity (Wildman–Crippen MR) is 75.6 cm³/mol. The summed E-state index contributed by atoms with van der Waals surface area (Å²) in [6, 6.07) is 0. The topological polar surface area (TPSA) is 37.3 Å². The average molecular weight is 254 g/mol. The van der Waals surface area contributed by atoms with Gasteiger partial charge in [-0.1, -0.05) is 40.5 Å². The summed E-state index contributed by atoms with van der Waals surface area (Å²) in [5.41, 5.74) is -0.180. The summed E-state index contributed by atoms with van der Waals surface area (Å²) in [7, 11) is 0. The Balaban J connectivity index is 2.59. The molecule has 0 atom stereocenters. The van der Waals surface area contributed by atoms with E-state index in [1.807, 2.05) is 0 Å². The van der Waals surface area contributed by atoms with Gasteiger partial charge >= 0.3 is 5.97 Å². The summed E-state index contributed by atoms with van der Waals surface area (Å²) < 4.78 is 0. The molecule has 0 radical (unpaired) electrons. The van der Waals surface area contributed by atoms with Crippen LogP contribution in [0.15, 0.2) is 0 Å². The van der Waals surface area contributed by atoms with E-state index in [1.165, 1.54) is 12.8 Å². The minimum absolute atomic E-state index is 0.239. The van der Waals surface area contributed by atoms with Gasteiger partial charge in [-0.3, -0.25) is 4.79 Å². The molecular weight excluding hydrogens is 224 g/mol. The summed E-state index contributed by atoms with van der Waals surface area (Å²) in [5, 5.41) is 9.60. The van der Waals surface area contributed by atoms with Crippen LogP contribution in [0, 0.1) is 16.7 Å². The molecule has 0 aliphatic heterocycles. The lowest BCUT2D eigenvalue weighted by atomic mass is 9.66. The zero-order valence-electron chi connectivity index (χ0n) is 12.6. The van der Waals surface area contributed by atoms with E-state index >= 15 is 0 Å². The Morgan fingerprint density at radius 1 is 1.28 bits per heavy atom. The van der Waals surface area contributed by atoms with Crippen molar-refractivity contribution in [3.05, 3.63) is 0 Å². The van der Waals surface area contributed by atoms with Gasteiger partial charge in [-0.05, 0) is 49.9 Å². The van der Waals surface area contributed by atoms with Gasteiger partial charge in [0, 0.05) is 0 Å². The third-order valence-electron chi connectivity index (χ3n) is 4.57. The zero-order valence-corrected chi connectivity index (χ0v) is 12.6. The van der Waals surface area contributed by atoms with Crippen LogP contribution in [0.2, 0.25) is 0 Å². The van der Waals surface area contributed by atoms with Crippen molar-refractivity contribution in [2.24, 2.45) is 16.7 Å². The number of carboxylic acid groups (broad SMARTS) is 1. The first-order valence-corrected chi connectivity index (χ1v) is 7.52. The second kappa shape index (κ2) is 6.08. The lowest BCUT2D eigenvalue weighted by molar-refractivity contribution is -0.152. The van der Waals surface area contributed by atoms with Crippen molar-refractivity contribution in [2.45, 2.75) is 79.1 Å². The van der Waals surface area contributed by atoms with Gasteiger partial charge in [0.25, 0.3) is 0 Å². The zero-order chi connectivity index (χ0) is 13.8. The molecule has 2 nitrogen and oxygen atoms in total. The van der Waals surface area contributed by atoms with Crippen LogP contribution in [0.3, 0.4) is 0 Å². The van der Waals surface area contributed by atoms with Crippen molar-refractivity contribution >= 4 is 5.97 Å². The Morgan fingerprint density at radius 3 is 2.22 bits per heavy atom. The molecule has 1 saturated carbocycles. The Labute approximate surface area is 112 Å². The highest BCUT2D eigenvalue weighted by molar-refractivity contribution is 5.74. The smallest absolute Gasteiger partial charge is 0.309 e. The van der Waals surface area contributed by atoms with Crippen LogP contribution in [0.1, 0.15) is 79.1 Å². The Kier molecular flexibility index (Phi) is 5.24. The van der Waals surface area contributed by atoms with Gasteiger partial charge in [0.05, 0.1) is 5.41 Å². The van der Waals surface area contributed by atoms with Crippen LogP contribution in [0.4, 0.5) is 0 Å². The first-order chi connectivity index (χ1) is 8.29. The Hall–Kier alpha value is -0.530. The third-order valence-corrected chi connectivity index (χ3v) is 4.57. The van der Waals surface area contributed by atoms with Crippen molar-refractivity contribution < 1.29 is 9.90 Å². The van der Waals surface area contributed by atoms with Crippen molar-refractivity contribution in [1.29, 1.82) is 0 Å². The van der Waals surface area contributed by atoms with Crippen molar-refractivity contribution in [3.8, 4) is 0 Å².